The molecule has 1 saturated carbocycles. The molecule has 2 amide bonds. The highest BCUT2D eigenvalue weighted by molar-refractivity contribution is 5.94. The SMILES string of the molecule is Cc1cccc(C(C(=O)NC2CCCCC2)c2ccc(C(N)=O)cc2C(F)(F)F)c1. The Bertz CT molecular complexity index is 934. The highest BCUT2D eigenvalue weighted by atomic mass is 19.4. The van der Waals surface area contributed by atoms with Crippen LogP contribution < -0.4 is 11.1 Å². The minimum absolute atomic E-state index is 0.0437. The van der Waals surface area contributed by atoms with E-state index in [2.05, 4.69) is 5.32 Å². The van der Waals surface area contributed by atoms with E-state index in [0.717, 1.165) is 43.7 Å². The zero-order valence-electron chi connectivity index (χ0n) is 16.8. The maximum Gasteiger partial charge on any atom is 0.416 e. The monoisotopic (exact) mass is 418 g/mol. The molecule has 0 spiro atoms. The Morgan fingerprint density at radius 2 is 1.77 bits per heavy atom. The Kier molecular flexibility index (Phi) is 6.48. The summed E-state index contributed by atoms with van der Waals surface area (Å²) in [6.07, 6.45) is -0.0329. The summed E-state index contributed by atoms with van der Waals surface area (Å²) < 4.78 is 41.7. The quantitative estimate of drug-likeness (QED) is 0.739. The number of hydrogen-bond donors (Lipinski definition) is 2. The number of rotatable bonds is 5. The predicted molar refractivity (Wildman–Crippen MR) is 108 cm³/mol. The van der Waals surface area contributed by atoms with Crippen LogP contribution in [0.3, 0.4) is 0 Å². The Morgan fingerprint density at radius 3 is 2.37 bits per heavy atom. The number of nitrogens with one attached hydrogen (secondary N) is 1. The van der Waals surface area contributed by atoms with Crippen LogP contribution in [-0.2, 0) is 11.0 Å². The van der Waals surface area contributed by atoms with Crippen LogP contribution in [0.1, 0.15) is 70.6 Å². The third-order valence-corrected chi connectivity index (χ3v) is 5.54. The van der Waals surface area contributed by atoms with E-state index in [1.807, 2.05) is 13.0 Å². The summed E-state index contributed by atoms with van der Waals surface area (Å²) in [6.45, 7) is 1.82. The molecule has 2 aromatic carbocycles. The molecular weight excluding hydrogens is 393 g/mol. The summed E-state index contributed by atoms with van der Waals surface area (Å²) in [5, 5.41) is 2.95. The topological polar surface area (TPSA) is 72.2 Å². The number of alkyl halides is 3. The molecule has 30 heavy (non-hydrogen) atoms. The molecule has 1 aliphatic carbocycles. The molecule has 1 aliphatic rings. The highest BCUT2D eigenvalue weighted by Gasteiger charge is 2.38. The van der Waals surface area contributed by atoms with Gasteiger partial charge in [-0.05, 0) is 43.0 Å². The van der Waals surface area contributed by atoms with Crippen molar-refractivity contribution in [3.05, 3.63) is 70.3 Å². The Morgan fingerprint density at radius 1 is 1.07 bits per heavy atom. The second-order valence-corrected chi connectivity index (χ2v) is 7.85. The second-order valence-electron chi connectivity index (χ2n) is 7.85. The molecule has 3 N–H and O–H groups in total. The molecule has 0 radical (unpaired) electrons. The van der Waals surface area contributed by atoms with E-state index in [4.69, 9.17) is 5.73 Å². The van der Waals surface area contributed by atoms with Crippen molar-refractivity contribution in [2.75, 3.05) is 0 Å². The lowest BCUT2D eigenvalue weighted by Crippen LogP contribution is -2.40. The number of aryl methyl sites for hydroxylation is 1. The average Bonchev–Trinajstić information content (AvgIpc) is 2.68. The van der Waals surface area contributed by atoms with Gasteiger partial charge < -0.3 is 11.1 Å². The maximum absolute atomic E-state index is 13.9. The first-order valence-electron chi connectivity index (χ1n) is 10.0. The van der Waals surface area contributed by atoms with Gasteiger partial charge in [-0.25, -0.2) is 0 Å². The lowest BCUT2D eigenvalue weighted by molar-refractivity contribution is -0.138. The Hall–Kier alpha value is -2.83. The molecule has 0 bridgehead atoms. The fourth-order valence-electron chi connectivity index (χ4n) is 4.06. The van der Waals surface area contributed by atoms with Crippen LogP contribution in [0, 0.1) is 6.92 Å². The van der Waals surface area contributed by atoms with E-state index >= 15 is 0 Å². The molecule has 3 rings (SSSR count). The minimum Gasteiger partial charge on any atom is -0.366 e. The van der Waals surface area contributed by atoms with Gasteiger partial charge in [0.2, 0.25) is 11.8 Å². The van der Waals surface area contributed by atoms with Crippen molar-refractivity contribution in [1.82, 2.24) is 5.32 Å². The van der Waals surface area contributed by atoms with E-state index in [1.165, 1.54) is 12.1 Å². The van der Waals surface area contributed by atoms with E-state index < -0.39 is 29.5 Å². The van der Waals surface area contributed by atoms with Crippen molar-refractivity contribution >= 4 is 11.8 Å². The van der Waals surface area contributed by atoms with Crippen molar-refractivity contribution in [3.63, 3.8) is 0 Å². The standard InChI is InChI=1S/C23H25F3N2O2/c1-14-6-5-7-15(12-14)20(22(30)28-17-8-3-2-4-9-17)18-11-10-16(21(27)29)13-19(18)23(24,25)26/h5-7,10-13,17,20H,2-4,8-9H2,1H3,(H2,27,29)(H,28,30). The van der Waals surface area contributed by atoms with Crippen LogP contribution in [0.15, 0.2) is 42.5 Å². The van der Waals surface area contributed by atoms with Crippen LogP contribution >= 0.6 is 0 Å². The van der Waals surface area contributed by atoms with Gasteiger partial charge in [-0.15, -0.1) is 0 Å². The highest BCUT2D eigenvalue weighted by Crippen LogP contribution is 2.38. The van der Waals surface area contributed by atoms with Crippen LogP contribution in [0.2, 0.25) is 0 Å². The fourth-order valence-corrected chi connectivity index (χ4v) is 4.06. The normalized spacial score (nSPS) is 16.1. The molecule has 0 saturated heterocycles. The smallest absolute Gasteiger partial charge is 0.366 e. The molecule has 2 aromatic rings. The van der Waals surface area contributed by atoms with Gasteiger partial charge in [0.15, 0.2) is 0 Å². The summed E-state index contributed by atoms with van der Waals surface area (Å²) in [7, 11) is 0. The van der Waals surface area contributed by atoms with Crippen molar-refractivity contribution < 1.29 is 22.8 Å². The molecule has 1 unspecified atom stereocenters. The minimum atomic E-state index is -4.74. The first-order chi connectivity index (χ1) is 14.2. The number of carbonyl (C=O) groups is 2. The molecule has 0 aromatic heterocycles. The number of benzene rings is 2. The van der Waals surface area contributed by atoms with Crippen LogP contribution in [-0.4, -0.2) is 17.9 Å². The molecular formula is C23H25F3N2O2. The summed E-state index contributed by atoms with van der Waals surface area (Å²) in [6, 6.07) is 10.0. The molecule has 1 atom stereocenters. The fraction of sp³-hybridized carbons (Fsp3) is 0.391. The van der Waals surface area contributed by atoms with E-state index in [9.17, 15) is 22.8 Å². The zero-order valence-corrected chi connectivity index (χ0v) is 16.8. The molecule has 4 nitrogen and oxygen atoms in total. The van der Waals surface area contributed by atoms with Crippen LogP contribution in [0.4, 0.5) is 13.2 Å². The van der Waals surface area contributed by atoms with Crippen molar-refractivity contribution in [2.24, 2.45) is 5.73 Å². The van der Waals surface area contributed by atoms with Gasteiger partial charge in [-0.3, -0.25) is 9.59 Å². The number of primary amides is 1. The number of carbonyl (C=O) groups excluding carboxylic acids is 2. The third-order valence-electron chi connectivity index (χ3n) is 5.54. The molecule has 7 heteroatoms. The van der Waals surface area contributed by atoms with Gasteiger partial charge >= 0.3 is 6.18 Å². The molecule has 160 valence electrons. The van der Waals surface area contributed by atoms with Gasteiger partial charge in [0.1, 0.15) is 0 Å². The van der Waals surface area contributed by atoms with Crippen LogP contribution in [0.25, 0.3) is 0 Å². The summed E-state index contributed by atoms with van der Waals surface area (Å²) >= 11 is 0. The molecule has 1 fully saturated rings. The van der Waals surface area contributed by atoms with E-state index in [0.29, 0.717) is 5.56 Å². The second kappa shape index (κ2) is 8.90. The number of nitrogens with two attached hydrogens (primary N) is 1. The number of hydrogen-bond acceptors (Lipinski definition) is 2. The third kappa shape index (κ3) is 5.01. The van der Waals surface area contributed by atoms with Crippen LogP contribution in [0.5, 0.6) is 0 Å². The zero-order chi connectivity index (χ0) is 21.9. The van der Waals surface area contributed by atoms with Gasteiger partial charge in [0.05, 0.1) is 11.5 Å². The largest absolute Gasteiger partial charge is 0.416 e. The lowest BCUT2D eigenvalue weighted by atomic mass is 9.85. The van der Waals surface area contributed by atoms with Gasteiger partial charge in [-0.2, -0.15) is 13.2 Å². The number of halogens is 3. The number of amides is 2. The van der Waals surface area contributed by atoms with E-state index in [-0.39, 0.29) is 17.2 Å². The first-order valence-corrected chi connectivity index (χ1v) is 10.0. The van der Waals surface area contributed by atoms with Gasteiger partial charge in [0.25, 0.3) is 0 Å². The lowest BCUT2D eigenvalue weighted by Gasteiger charge is -2.27. The van der Waals surface area contributed by atoms with Gasteiger partial charge in [-0.1, -0.05) is 55.2 Å². The predicted octanol–water partition coefficient (Wildman–Crippen LogP) is 4.69. The van der Waals surface area contributed by atoms with Gasteiger partial charge in [0, 0.05) is 11.6 Å². The maximum atomic E-state index is 13.9. The van der Waals surface area contributed by atoms with Crippen molar-refractivity contribution in [1.29, 1.82) is 0 Å². The molecule has 0 aliphatic heterocycles. The summed E-state index contributed by atoms with van der Waals surface area (Å²) in [5.74, 6) is -2.57. The Balaban J connectivity index is 2.10. The average molecular weight is 418 g/mol. The first kappa shape index (κ1) is 21.9. The molecule has 0 heterocycles. The summed E-state index contributed by atoms with van der Waals surface area (Å²) in [4.78, 5) is 24.7. The van der Waals surface area contributed by atoms with Crippen molar-refractivity contribution in [3.8, 4) is 0 Å². The summed E-state index contributed by atoms with van der Waals surface area (Å²) in [5.41, 5.74) is 5.03. The van der Waals surface area contributed by atoms with Crippen molar-refractivity contribution in [2.45, 2.75) is 57.2 Å². The van der Waals surface area contributed by atoms with E-state index in [1.54, 1.807) is 18.2 Å². The Labute approximate surface area is 173 Å².